The molecule has 0 amide bonds. The summed E-state index contributed by atoms with van der Waals surface area (Å²) in [5.74, 6) is -0.827. The highest BCUT2D eigenvalue weighted by Gasteiger charge is 2.20. The van der Waals surface area contributed by atoms with Crippen LogP contribution in [0.1, 0.15) is 18.4 Å². The van der Waals surface area contributed by atoms with E-state index in [0.29, 0.717) is 0 Å². The van der Waals surface area contributed by atoms with E-state index in [1.165, 1.54) is 18.2 Å². The quantitative estimate of drug-likeness (QED) is 0.852. The van der Waals surface area contributed by atoms with Crippen molar-refractivity contribution in [3.8, 4) is 0 Å². The van der Waals surface area contributed by atoms with Crippen LogP contribution in [0.4, 0.5) is 4.39 Å². The zero-order valence-electron chi connectivity index (χ0n) is 8.70. The maximum Gasteiger partial charge on any atom is 0.175 e. The minimum Gasteiger partial charge on any atom is -0.330 e. The first-order valence-corrected chi connectivity index (χ1v) is 6.45. The second kappa shape index (κ2) is 4.28. The van der Waals surface area contributed by atoms with Crippen LogP contribution in [0, 0.1) is 5.82 Å². The van der Waals surface area contributed by atoms with Gasteiger partial charge < -0.3 is 5.73 Å². The summed E-state index contributed by atoms with van der Waals surface area (Å²) in [6, 6.07) is 4.04. The molecule has 0 radical (unpaired) electrons. The molecule has 2 N–H and O–H groups in total. The number of sulfone groups is 1. The molecule has 0 bridgehead atoms. The summed E-state index contributed by atoms with van der Waals surface area (Å²) < 4.78 is 36.3. The Morgan fingerprint density at radius 2 is 2.07 bits per heavy atom. The molecule has 0 heterocycles. The molecule has 1 unspecified atom stereocenters. The predicted octanol–water partition coefficient (Wildman–Crippen LogP) is 1.29. The summed E-state index contributed by atoms with van der Waals surface area (Å²) >= 11 is 0. The highest BCUT2D eigenvalue weighted by atomic mass is 32.2. The Morgan fingerprint density at radius 1 is 1.47 bits per heavy atom. The van der Waals surface area contributed by atoms with Gasteiger partial charge in [0.1, 0.15) is 5.82 Å². The minimum atomic E-state index is -3.41. The smallest absolute Gasteiger partial charge is 0.175 e. The molecule has 0 aliphatic carbocycles. The molecular weight excluding hydrogens is 217 g/mol. The number of hydrogen-bond donors (Lipinski definition) is 1. The van der Waals surface area contributed by atoms with Crippen LogP contribution in [0.2, 0.25) is 0 Å². The Hall–Kier alpha value is -0.940. The summed E-state index contributed by atoms with van der Waals surface area (Å²) in [6.07, 6.45) is 1.06. The maximum absolute atomic E-state index is 13.5. The third-order valence-electron chi connectivity index (χ3n) is 2.26. The Kier molecular flexibility index (Phi) is 3.46. The van der Waals surface area contributed by atoms with Crippen LogP contribution in [-0.4, -0.2) is 21.2 Å². The molecule has 0 spiro atoms. The normalized spacial score (nSPS) is 13.9. The molecule has 1 atom stereocenters. The minimum absolute atomic E-state index is 0.0282. The topological polar surface area (TPSA) is 60.2 Å². The highest BCUT2D eigenvalue weighted by molar-refractivity contribution is 7.90. The maximum atomic E-state index is 13.5. The van der Waals surface area contributed by atoms with Gasteiger partial charge >= 0.3 is 0 Å². The molecule has 5 heteroatoms. The first-order chi connectivity index (χ1) is 6.88. The van der Waals surface area contributed by atoms with Crippen molar-refractivity contribution in [1.29, 1.82) is 0 Å². The van der Waals surface area contributed by atoms with Crippen molar-refractivity contribution >= 4 is 9.84 Å². The molecule has 0 aliphatic heterocycles. The van der Waals surface area contributed by atoms with E-state index in [1.54, 1.807) is 6.92 Å². The predicted molar refractivity (Wildman–Crippen MR) is 57.0 cm³/mol. The average molecular weight is 231 g/mol. The first kappa shape index (κ1) is 12.1. The monoisotopic (exact) mass is 231 g/mol. The number of rotatable bonds is 3. The lowest BCUT2D eigenvalue weighted by Gasteiger charge is -2.14. The van der Waals surface area contributed by atoms with Gasteiger partial charge in [0.25, 0.3) is 0 Å². The number of nitrogens with two attached hydrogens (primary N) is 1. The van der Waals surface area contributed by atoms with Crippen LogP contribution < -0.4 is 5.73 Å². The van der Waals surface area contributed by atoms with E-state index in [0.717, 1.165) is 6.26 Å². The number of hydrogen-bond acceptors (Lipinski definition) is 3. The van der Waals surface area contributed by atoms with Gasteiger partial charge in [0, 0.05) is 11.8 Å². The molecule has 0 saturated heterocycles. The summed E-state index contributed by atoms with van der Waals surface area (Å²) in [6.45, 7) is 1.91. The summed E-state index contributed by atoms with van der Waals surface area (Å²) in [4.78, 5) is 0.0282. The molecule has 0 saturated carbocycles. The number of benzene rings is 1. The van der Waals surface area contributed by atoms with Gasteiger partial charge in [-0.2, -0.15) is 0 Å². The van der Waals surface area contributed by atoms with Gasteiger partial charge in [-0.05, 0) is 24.6 Å². The van der Waals surface area contributed by atoms with E-state index in [4.69, 9.17) is 5.73 Å². The molecular formula is C10H14FNO2S. The standard InChI is InChI=1S/C10H14FNO2S/c1-7(6-12)10-8(11)4-3-5-9(10)15(2,13)14/h3-5,7H,6,12H2,1-2H3. The summed E-state index contributed by atoms with van der Waals surface area (Å²) in [5, 5.41) is 0. The fourth-order valence-corrected chi connectivity index (χ4v) is 2.46. The summed E-state index contributed by atoms with van der Waals surface area (Å²) in [5.41, 5.74) is 5.61. The van der Waals surface area contributed by atoms with E-state index in [2.05, 4.69) is 0 Å². The van der Waals surface area contributed by atoms with E-state index in [1.807, 2.05) is 0 Å². The lowest BCUT2D eigenvalue weighted by atomic mass is 10.0. The third kappa shape index (κ3) is 2.54. The first-order valence-electron chi connectivity index (χ1n) is 4.56. The van der Waals surface area contributed by atoms with Crippen molar-refractivity contribution in [3.63, 3.8) is 0 Å². The largest absolute Gasteiger partial charge is 0.330 e. The van der Waals surface area contributed by atoms with Gasteiger partial charge in [-0.1, -0.05) is 13.0 Å². The van der Waals surface area contributed by atoms with Gasteiger partial charge in [0.2, 0.25) is 0 Å². The zero-order valence-corrected chi connectivity index (χ0v) is 9.51. The molecule has 0 fully saturated rings. The lowest BCUT2D eigenvalue weighted by molar-refractivity contribution is 0.570. The highest BCUT2D eigenvalue weighted by Crippen LogP contribution is 2.25. The van der Waals surface area contributed by atoms with Crippen molar-refractivity contribution < 1.29 is 12.8 Å². The fraction of sp³-hybridized carbons (Fsp3) is 0.400. The lowest BCUT2D eigenvalue weighted by Crippen LogP contribution is -2.14. The van der Waals surface area contributed by atoms with Crippen LogP contribution in [0.15, 0.2) is 23.1 Å². The molecule has 1 aromatic carbocycles. The van der Waals surface area contributed by atoms with Gasteiger partial charge in [0.15, 0.2) is 9.84 Å². The Balaban J connectivity index is 3.47. The third-order valence-corrected chi connectivity index (χ3v) is 3.41. The second-order valence-corrected chi connectivity index (χ2v) is 5.54. The van der Waals surface area contributed by atoms with E-state index < -0.39 is 15.7 Å². The van der Waals surface area contributed by atoms with Crippen LogP contribution in [-0.2, 0) is 9.84 Å². The van der Waals surface area contributed by atoms with Crippen LogP contribution in [0.5, 0.6) is 0 Å². The molecule has 1 aromatic rings. The Labute approximate surface area is 89.0 Å². The van der Waals surface area contributed by atoms with Crippen LogP contribution in [0.25, 0.3) is 0 Å². The molecule has 0 aliphatic rings. The van der Waals surface area contributed by atoms with Crippen molar-refractivity contribution in [3.05, 3.63) is 29.6 Å². The Morgan fingerprint density at radius 3 is 2.53 bits per heavy atom. The van der Waals surface area contributed by atoms with Gasteiger partial charge in [0.05, 0.1) is 4.90 Å². The van der Waals surface area contributed by atoms with Crippen molar-refractivity contribution in [2.45, 2.75) is 17.7 Å². The zero-order chi connectivity index (χ0) is 11.6. The van der Waals surface area contributed by atoms with E-state index >= 15 is 0 Å². The van der Waals surface area contributed by atoms with Crippen molar-refractivity contribution in [1.82, 2.24) is 0 Å². The molecule has 0 aromatic heterocycles. The number of halogens is 1. The fourth-order valence-electron chi connectivity index (χ4n) is 1.44. The van der Waals surface area contributed by atoms with Gasteiger partial charge in [-0.15, -0.1) is 0 Å². The molecule has 3 nitrogen and oxygen atoms in total. The SMILES string of the molecule is CC(CN)c1c(F)cccc1S(C)(=O)=O. The van der Waals surface area contributed by atoms with E-state index in [-0.39, 0.29) is 22.9 Å². The summed E-state index contributed by atoms with van der Waals surface area (Å²) in [7, 11) is -3.41. The van der Waals surface area contributed by atoms with Crippen molar-refractivity contribution in [2.24, 2.45) is 5.73 Å². The van der Waals surface area contributed by atoms with Gasteiger partial charge in [-0.3, -0.25) is 0 Å². The average Bonchev–Trinajstić information content (AvgIpc) is 2.15. The Bertz CT molecular complexity index is 456. The molecule has 84 valence electrons. The van der Waals surface area contributed by atoms with Crippen LogP contribution >= 0.6 is 0 Å². The molecule has 1 rings (SSSR count). The van der Waals surface area contributed by atoms with Gasteiger partial charge in [-0.25, -0.2) is 12.8 Å². The van der Waals surface area contributed by atoms with E-state index in [9.17, 15) is 12.8 Å². The second-order valence-electron chi connectivity index (χ2n) is 3.56. The van der Waals surface area contributed by atoms with Crippen LogP contribution in [0.3, 0.4) is 0 Å². The van der Waals surface area contributed by atoms with Crippen molar-refractivity contribution in [2.75, 3.05) is 12.8 Å². The molecule has 15 heavy (non-hydrogen) atoms.